The van der Waals surface area contributed by atoms with Crippen LogP contribution >= 0.6 is 0 Å². The van der Waals surface area contributed by atoms with Gasteiger partial charge in [0, 0.05) is 24.2 Å². The van der Waals surface area contributed by atoms with Gasteiger partial charge >= 0.3 is 5.97 Å². The van der Waals surface area contributed by atoms with Gasteiger partial charge in [-0.05, 0) is 57.5 Å². The number of fused-ring (bicyclic) bond motifs is 1. The Labute approximate surface area is 228 Å². The van der Waals surface area contributed by atoms with Crippen LogP contribution in [0.2, 0.25) is 0 Å². The van der Waals surface area contributed by atoms with E-state index in [-0.39, 0.29) is 29.3 Å². The van der Waals surface area contributed by atoms with Crippen molar-refractivity contribution in [1.82, 2.24) is 19.9 Å². The van der Waals surface area contributed by atoms with Gasteiger partial charge in [0.05, 0.1) is 35.1 Å². The number of aliphatic hydroxyl groups excluding tert-OH is 1. The zero-order valence-corrected chi connectivity index (χ0v) is 23.0. The topological polar surface area (TPSA) is 135 Å². The summed E-state index contributed by atoms with van der Waals surface area (Å²) in [5, 5.41) is 14.4. The molecule has 0 aliphatic rings. The standard InChI is InChI=1S/C28H33N5O5S/c1-4-38-27(35)23-14-15-24-26(31-23)29-19-33(24)17-16-28(2,3)30-18-25(34)21-12-8-9-13-22(21)32-39(36,37)20-10-6-5-7-11-20/h5-15,19,25,30,32,34H,4,16-18H2,1-3H3. The molecule has 4 rings (SSSR count). The van der Waals surface area contributed by atoms with Crippen LogP contribution in [0.25, 0.3) is 11.2 Å². The molecule has 4 aromatic rings. The Kier molecular flexibility index (Phi) is 8.63. The van der Waals surface area contributed by atoms with Gasteiger partial charge in [-0.2, -0.15) is 0 Å². The maximum atomic E-state index is 12.8. The Bertz CT molecular complexity index is 1540. The number of benzene rings is 2. The van der Waals surface area contributed by atoms with E-state index in [0.717, 1.165) is 5.52 Å². The summed E-state index contributed by atoms with van der Waals surface area (Å²) in [4.78, 5) is 20.7. The minimum Gasteiger partial charge on any atom is -0.461 e. The van der Waals surface area contributed by atoms with Crippen LogP contribution in [0.15, 0.2) is 78.0 Å². The molecule has 3 N–H and O–H groups in total. The lowest BCUT2D eigenvalue weighted by atomic mass is 9.99. The Morgan fingerprint density at radius 2 is 1.79 bits per heavy atom. The summed E-state index contributed by atoms with van der Waals surface area (Å²) in [6, 6.07) is 18.4. The van der Waals surface area contributed by atoms with Crippen LogP contribution in [0.4, 0.5) is 5.69 Å². The highest BCUT2D eigenvalue weighted by atomic mass is 32.2. The quantitative estimate of drug-likeness (QED) is 0.226. The van der Waals surface area contributed by atoms with E-state index in [1.165, 1.54) is 12.1 Å². The number of aromatic nitrogens is 3. The second-order valence-corrected chi connectivity index (χ2v) is 11.4. The van der Waals surface area contributed by atoms with E-state index in [2.05, 4.69) is 20.0 Å². The number of aryl methyl sites for hydroxylation is 1. The van der Waals surface area contributed by atoms with Crippen molar-refractivity contribution in [3.05, 3.63) is 84.3 Å². The molecule has 2 aromatic carbocycles. The van der Waals surface area contributed by atoms with Crippen LogP contribution in [0, 0.1) is 0 Å². The van der Waals surface area contributed by atoms with Crippen molar-refractivity contribution < 1.29 is 23.1 Å². The van der Waals surface area contributed by atoms with Gasteiger partial charge in [-0.1, -0.05) is 36.4 Å². The minimum atomic E-state index is -3.80. The number of carbonyl (C=O) groups is 1. The number of esters is 1. The maximum Gasteiger partial charge on any atom is 0.357 e. The van der Waals surface area contributed by atoms with Crippen LogP contribution < -0.4 is 10.0 Å². The number of nitrogens with zero attached hydrogens (tertiary/aromatic N) is 3. The van der Waals surface area contributed by atoms with Crippen molar-refractivity contribution in [2.45, 2.75) is 50.3 Å². The first kappa shape index (κ1) is 28.2. The predicted molar refractivity (Wildman–Crippen MR) is 149 cm³/mol. The monoisotopic (exact) mass is 551 g/mol. The molecule has 11 heteroatoms. The van der Waals surface area contributed by atoms with Gasteiger partial charge in [0.25, 0.3) is 10.0 Å². The average Bonchev–Trinajstić information content (AvgIpc) is 3.34. The number of hydrogen-bond acceptors (Lipinski definition) is 8. The number of hydrogen-bond donors (Lipinski definition) is 3. The number of β-amino-alcohol motifs (C(OH)–C–C–N with tert-alkyl or cyclic N) is 1. The molecule has 0 radical (unpaired) electrons. The zero-order valence-electron chi connectivity index (χ0n) is 22.2. The van der Waals surface area contributed by atoms with Crippen molar-refractivity contribution in [2.24, 2.45) is 0 Å². The van der Waals surface area contributed by atoms with E-state index in [9.17, 15) is 18.3 Å². The predicted octanol–water partition coefficient (Wildman–Crippen LogP) is 3.90. The third kappa shape index (κ3) is 6.99. The molecule has 0 amide bonds. The van der Waals surface area contributed by atoms with Gasteiger partial charge in [-0.3, -0.25) is 4.72 Å². The van der Waals surface area contributed by atoms with Gasteiger partial charge in [0.1, 0.15) is 0 Å². The van der Waals surface area contributed by atoms with Gasteiger partial charge in [-0.25, -0.2) is 23.2 Å². The molecule has 0 spiro atoms. The second kappa shape index (κ2) is 11.9. The van der Waals surface area contributed by atoms with Crippen LogP contribution in [0.1, 0.15) is 49.3 Å². The number of sulfonamides is 1. The highest BCUT2D eigenvalue weighted by molar-refractivity contribution is 7.92. The molecule has 0 saturated heterocycles. The van der Waals surface area contributed by atoms with Gasteiger partial charge < -0.3 is 19.7 Å². The van der Waals surface area contributed by atoms with E-state index in [4.69, 9.17) is 4.74 Å². The van der Waals surface area contributed by atoms with Crippen molar-refractivity contribution in [1.29, 1.82) is 0 Å². The van der Waals surface area contributed by atoms with Crippen LogP contribution in [0.5, 0.6) is 0 Å². The molecule has 206 valence electrons. The summed E-state index contributed by atoms with van der Waals surface area (Å²) in [6.45, 7) is 6.91. The van der Waals surface area contributed by atoms with E-state index in [1.807, 2.05) is 18.4 Å². The van der Waals surface area contributed by atoms with E-state index in [0.29, 0.717) is 29.9 Å². The molecule has 10 nitrogen and oxygen atoms in total. The summed E-state index contributed by atoms with van der Waals surface area (Å²) in [7, 11) is -3.80. The molecule has 1 unspecified atom stereocenters. The lowest BCUT2D eigenvalue weighted by Crippen LogP contribution is -2.42. The lowest BCUT2D eigenvalue weighted by molar-refractivity contribution is 0.0520. The number of aliphatic hydroxyl groups is 1. The average molecular weight is 552 g/mol. The molecule has 0 bridgehead atoms. The molecule has 2 heterocycles. The fourth-order valence-electron chi connectivity index (χ4n) is 4.10. The molecule has 39 heavy (non-hydrogen) atoms. The summed E-state index contributed by atoms with van der Waals surface area (Å²) >= 11 is 0. The Hall–Kier alpha value is -3.80. The van der Waals surface area contributed by atoms with Gasteiger partial charge in [0.2, 0.25) is 0 Å². The Morgan fingerprint density at radius 3 is 2.54 bits per heavy atom. The normalized spacial score (nSPS) is 12.8. The molecule has 1 atom stereocenters. The molecule has 0 aliphatic carbocycles. The highest BCUT2D eigenvalue weighted by Gasteiger charge is 2.23. The number of imidazole rings is 1. The Balaban J connectivity index is 1.38. The molecular weight excluding hydrogens is 518 g/mol. The van der Waals surface area contributed by atoms with Crippen LogP contribution in [0.3, 0.4) is 0 Å². The third-order valence-electron chi connectivity index (χ3n) is 6.34. The first-order valence-electron chi connectivity index (χ1n) is 12.7. The first-order chi connectivity index (χ1) is 18.6. The number of ether oxygens (including phenoxy) is 1. The van der Waals surface area contributed by atoms with Crippen molar-refractivity contribution in [3.8, 4) is 0 Å². The van der Waals surface area contributed by atoms with Crippen LogP contribution in [-0.2, 0) is 21.3 Å². The van der Waals surface area contributed by atoms with E-state index >= 15 is 0 Å². The van der Waals surface area contributed by atoms with Crippen molar-refractivity contribution in [2.75, 3.05) is 17.9 Å². The van der Waals surface area contributed by atoms with Gasteiger partial charge in [0.15, 0.2) is 11.3 Å². The van der Waals surface area contributed by atoms with Crippen molar-refractivity contribution >= 4 is 32.8 Å². The third-order valence-corrected chi connectivity index (χ3v) is 7.72. The highest BCUT2D eigenvalue weighted by Crippen LogP contribution is 2.26. The van der Waals surface area contributed by atoms with E-state index < -0.39 is 22.1 Å². The molecule has 0 saturated carbocycles. The number of pyridine rings is 1. The minimum absolute atomic E-state index is 0.146. The van der Waals surface area contributed by atoms with Gasteiger partial charge in [-0.15, -0.1) is 0 Å². The number of anilines is 1. The maximum absolute atomic E-state index is 12.8. The largest absolute Gasteiger partial charge is 0.461 e. The molecule has 2 aromatic heterocycles. The van der Waals surface area contributed by atoms with Crippen LogP contribution in [-0.4, -0.2) is 52.7 Å². The fourth-order valence-corrected chi connectivity index (χ4v) is 5.21. The molecule has 0 aliphatic heterocycles. The molecule has 0 fully saturated rings. The lowest BCUT2D eigenvalue weighted by Gasteiger charge is -2.28. The number of para-hydroxylation sites is 1. The summed E-state index contributed by atoms with van der Waals surface area (Å²) in [6.07, 6.45) is 1.44. The summed E-state index contributed by atoms with van der Waals surface area (Å²) in [5.41, 5.74) is 1.93. The second-order valence-electron chi connectivity index (χ2n) is 9.73. The first-order valence-corrected chi connectivity index (χ1v) is 14.2. The number of rotatable bonds is 12. The summed E-state index contributed by atoms with van der Waals surface area (Å²) < 4.78 is 35.2. The smallest absolute Gasteiger partial charge is 0.357 e. The SMILES string of the molecule is CCOC(=O)c1ccc2c(ncn2CCC(C)(C)NCC(O)c2ccccc2NS(=O)(=O)c2ccccc2)n1. The zero-order chi connectivity index (χ0) is 28.0. The fraction of sp³-hybridized carbons (Fsp3) is 0.321. The number of nitrogens with one attached hydrogen (secondary N) is 2. The summed E-state index contributed by atoms with van der Waals surface area (Å²) in [5.74, 6) is -0.479. The number of carbonyl (C=O) groups excluding carboxylic acids is 1. The van der Waals surface area contributed by atoms with Crippen molar-refractivity contribution in [3.63, 3.8) is 0 Å². The molecular formula is C28H33N5O5S. The Morgan fingerprint density at radius 1 is 1.08 bits per heavy atom. The van der Waals surface area contributed by atoms with E-state index in [1.54, 1.807) is 67.8 Å².